The van der Waals surface area contributed by atoms with Crippen LogP contribution in [0.2, 0.25) is 0 Å². The SMILES string of the molecule is O=C(CSc1ccc(NC(=O)Cc2ccccc2)cc1)Nc1ccc2c(c1)OCCO2. The van der Waals surface area contributed by atoms with Crippen molar-refractivity contribution in [1.29, 1.82) is 0 Å². The van der Waals surface area contributed by atoms with Gasteiger partial charge in [0.15, 0.2) is 11.5 Å². The second-order valence-corrected chi connectivity index (χ2v) is 7.98. The lowest BCUT2D eigenvalue weighted by Gasteiger charge is -2.19. The third-order valence-electron chi connectivity index (χ3n) is 4.54. The predicted molar refractivity (Wildman–Crippen MR) is 122 cm³/mol. The number of hydrogen-bond acceptors (Lipinski definition) is 5. The van der Waals surface area contributed by atoms with Crippen LogP contribution in [0.4, 0.5) is 11.4 Å². The summed E-state index contributed by atoms with van der Waals surface area (Å²) in [6, 6.07) is 22.4. The molecule has 0 saturated carbocycles. The molecule has 0 aromatic heterocycles. The molecule has 31 heavy (non-hydrogen) atoms. The first-order chi connectivity index (χ1) is 15.2. The maximum Gasteiger partial charge on any atom is 0.234 e. The van der Waals surface area contributed by atoms with Crippen molar-refractivity contribution in [2.24, 2.45) is 0 Å². The van der Waals surface area contributed by atoms with Crippen LogP contribution >= 0.6 is 11.8 Å². The highest BCUT2D eigenvalue weighted by Crippen LogP contribution is 2.32. The number of nitrogens with one attached hydrogen (secondary N) is 2. The zero-order chi connectivity index (χ0) is 21.5. The number of ether oxygens (including phenoxy) is 2. The molecule has 7 heteroatoms. The normalized spacial score (nSPS) is 12.1. The van der Waals surface area contributed by atoms with Crippen LogP contribution in [0.3, 0.4) is 0 Å². The summed E-state index contributed by atoms with van der Waals surface area (Å²) in [5.41, 5.74) is 2.37. The Morgan fingerprint density at radius 3 is 2.23 bits per heavy atom. The highest BCUT2D eigenvalue weighted by molar-refractivity contribution is 8.00. The lowest BCUT2D eigenvalue weighted by atomic mass is 10.1. The molecule has 2 amide bonds. The molecule has 3 aromatic carbocycles. The maximum absolute atomic E-state index is 12.3. The highest BCUT2D eigenvalue weighted by Gasteiger charge is 2.13. The Morgan fingerprint density at radius 2 is 1.45 bits per heavy atom. The number of fused-ring (bicyclic) bond motifs is 1. The van der Waals surface area contributed by atoms with E-state index < -0.39 is 0 Å². The van der Waals surface area contributed by atoms with Crippen LogP contribution in [0, 0.1) is 0 Å². The van der Waals surface area contributed by atoms with Crippen molar-refractivity contribution in [2.75, 3.05) is 29.6 Å². The van der Waals surface area contributed by atoms with E-state index in [4.69, 9.17) is 9.47 Å². The fourth-order valence-electron chi connectivity index (χ4n) is 3.09. The number of thioether (sulfide) groups is 1. The molecule has 0 unspecified atom stereocenters. The van der Waals surface area contributed by atoms with Gasteiger partial charge in [-0.3, -0.25) is 9.59 Å². The van der Waals surface area contributed by atoms with Gasteiger partial charge in [0, 0.05) is 22.3 Å². The van der Waals surface area contributed by atoms with Gasteiger partial charge in [-0.15, -0.1) is 11.8 Å². The van der Waals surface area contributed by atoms with E-state index in [9.17, 15) is 9.59 Å². The number of benzene rings is 3. The number of amides is 2. The largest absolute Gasteiger partial charge is 0.486 e. The quantitative estimate of drug-likeness (QED) is 0.540. The highest BCUT2D eigenvalue weighted by atomic mass is 32.2. The van der Waals surface area contributed by atoms with Crippen LogP contribution in [0.1, 0.15) is 5.56 Å². The topological polar surface area (TPSA) is 76.7 Å². The standard InChI is InChI=1S/C24H22N2O4S/c27-23(14-17-4-2-1-3-5-17)25-18-6-9-20(10-7-18)31-16-24(28)26-19-8-11-21-22(15-19)30-13-12-29-21/h1-11,15H,12-14,16H2,(H,25,27)(H,26,28). The Labute approximate surface area is 185 Å². The van der Waals surface area contributed by atoms with Crippen molar-refractivity contribution < 1.29 is 19.1 Å². The molecular formula is C24H22N2O4S. The Bertz CT molecular complexity index is 1050. The van der Waals surface area contributed by atoms with Crippen molar-refractivity contribution in [3.63, 3.8) is 0 Å². The molecule has 1 aliphatic rings. The van der Waals surface area contributed by atoms with Crippen LogP contribution < -0.4 is 20.1 Å². The molecule has 0 fully saturated rings. The zero-order valence-electron chi connectivity index (χ0n) is 16.8. The van der Waals surface area contributed by atoms with E-state index in [1.54, 1.807) is 18.2 Å². The van der Waals surface area contributed by atoms with E-state index in [-0.39, 0.29) is 17.6 Å². The van der Waals surface area contributed by atoms with E-state index in [2.05, 4.69) is 10.6 Å². The van der Waals surface area contributed by atoms with Gasteiger partial charge in [0.25, 0.3) is 0 Å². The number of carbonyl (C=O) groups excluding carboxylic acids is 2. The number of anilines is 2. The van der Waals surface area contributed by atoms with Crippen LogP contribution in [-0.2, 0) is 16.0 Å². The fraction of sp³-hybridized carbons (Fsp3) is 0.167. The summed E-state index contributed by atoms with van der Waals surface area (Å²) in [7, 11) is 0. The first-order valence-electron chi connectivity index (χ1n) is 9.92. The Balaban J connectivity index is 1.24. The van der Waals surface area contributed by atoms with Crippen LogP contribution in [-0.4, -0.2) is 30.8 Å². The number of carbonyl (C=O) groups is 2. The first kappa shape index (κ1) is 20.8. The average molecular weight is 435 g/mol. The van der Waals surface area contributed by atoms with Crippen LogP contribution in [0.25, 0.3) is 0 Å². The van der Waals surface area contributed by atoms with Gasteiger partial charge < -0.3 is 20.1 Å². The van der Waals surface area contributed by atoms with Crippen molar-refractivity contribution in [3.05, 3.63) is 78.4 Å². The molecule has 0 radical (unpaired) electrons. The van der Waals surface area contributed by atoms with E-state index in [1.165, 1.54) is 11.8 Å². The number of rotatable bonds is 7. The second-order valence-electron chi connectivity index (χ2n) is 6.93. The summed E-state index contributed by atoms with van der Waals surface area (Å²) in [5, 5.41) is 5.76. The monoisotopic (exact) mass is 434 g/mol. The van der Waals surface area contributed by atoms with E-state index in [0.29, 0.717) is 36.8 Å². The number of hydrogen-bond donors (Lipinski definition) is 2. The molecular weight excluding hydrogens is 412 g/mol. The molecule has 0 aliphatic carbocycles. The average Bonchev–Trinajstić information content (AvgIpc) is 2.79. The van der Waals surface area contributed by atoms with Gasteiger partial charge in [-0.1, -0.05) is 30.3 Å². The van der Waals surface area contributed by atoms with Crippen molar-refractivity contribution in [3.8, 4) is 11.5 Å². The Morgan fingerprint density at radius 1 is 0.774 bits per heavy atom. The summed E-state index contributed by atoms with van der Waals surface area (Å²) < 4.78 is 11.0. The molecule has 0 bridgehead atoms. The summed E-state index contributed by atoms with van der Waals surface area (Å²) in [4.78, 5) is 25.4. The lowest BCUT2D eigenvalue weighted by molar-refractivity contribution is -0.115. The zero-order valence-corrected chi connectivity index (χ0v) is 17.6. The smallest absolute Gasteiger partial charge is 0.234 e. The molecule has 4 rings (SSSR count). The molecule has 6 nitrogen and oxygen atoms in total. The fourth-order valence-corrected chi connectivity index (χ4v) is 3.79. The van der Waals surface area contributed by atoms with E-state index in [1.807, 2.05) is 54.6 Å². The third-order valence-corrected chi connectivity index (χ3v) is 5.55. The summed E-state index contributed by atoms with van der Waals surface area (Å²) in [6.45, 7) is 1.04. The Kier molecular flexibility index (Phi) is 6.74. The minimum Gasteiger partial charge on any atom is -0.486 e. The van der Waals surface area contributed by atoms with Gasteiger partial charge in [-0.2, -0.15) is 0 Å². The van der Waals surface area contributed by atoms with Gasteiger partial charge in [0.2, 0.25) is 11.8 Å². The molecule has 2 N–H and O–H groups in total. The van der Waals surface area contributed by atoms with Gasteiger partial charge in [0.05, 0.1) is 12.2 Å². The summed E-state index contributed by atoms with van der Waals surface area (Å²) >= 11 is 1.43. The van der Waals surface area contributed by atoms with Gasteiger partial charge >= 0.3 is 0 Å². The predicted octanol–water partition coefficient (Wildman–Crippen LogP) is 4.37. The molecule has 0 saturated heterocycles. The van der Waals surface area contributed by atoms with Crippen molar-refractivity contribution in [2.45, 2.75) is 11.3 Å². The second kappa shape index (κ2) is 10.0. The van der Waals surface area contributed by atoms with Gasteiger partial charge in [-0.05, 0) is 42.0 Å². The van der Waals surface area contributed by atoms with Gasteiger partial charge in [0.1, 0.15) is 13.2 Å². The van der Waals surface area contributed by atoms with E-state index in [0.717, 1.165) is 16.1 Å². The maximum atomic E-state index is 12.3. The molecule has 0 spiro atoms. The van der Waals surface area contributed by atoms with Crippen LogP contribution in [0.5, 0.6) is 11.5 Å². The minimum absolute atomic E-state index is 0.0644. The van der Waals surface area contributed by atoms with Crippen LogP contribution in [0.15, 0.2) is 77.7 Å². The molecule has 1 aliphatic heterocycles. The van der Waals surface area contributed by atoms with Crippen molar-refractivity contribution in [1.82, 2.24) is 0 Å². The first-order valence-corrected chi connectivity index (χ1v) is 10.9. The molecule has 158 valence electrons. The summed E-state index contributed by atoms with van der Waals surface area (Å²) in [6.07, 6.45) is 0.331. The summed E-state index contributed by atoms with van der Waals surface area (Å²) in [5.74, 6) is 1.43. The molecule has 3 aromatic rings. The molecule has 0 atom stereocenters. The minimum atomic E-state index is -0.109. The van der Waals surface area contributed by atoms with Crippen molar-refractivity contribution >= 4 is 35.0 Å². The third kappa shape index (κ3) is 6.02. The lowest BCUT2D eigenvalue weighted by Crippen LogP contribution is -2.17. The van der Waals surface area contributed by atoms with E-state index >= 15 is 0 Å². The molecule has 1 heterocycles. The Hall–Kier alpha value is -3.45. The van der Waals surface area contributed by atoms with Gasteiger partial charge in [-0.25, -0.2) is 0 Å².